The van der Waals surface area contributed by atoms with Crippen molar-refractivity contribution < 1.29 is 19.1 Å². The summed E-state index contributed by atoms with van der Waals surface area (Å²) in [6.45, 7) is 6.54. The third-order valence-electron chi connectivity index (χ3n) is 3.56. The van der Waals surface area contributed by atoms with Gasteiger partial charge in [-0.05, 0) is 44.5 Å². The van der Waals surface area contributed by atoms with Crippen LogP contribution in [-0.2, 0) is 16.0 Å². The molecule has 1 aromatic heterocycles. The number of hydrogen-bond acceptors (Lipinski definition) is 6. The fourth-order valence-corrected chi connectivity index (χ4v) is 2.27. The summed E-state index contributed by atoms with van der Waals surface area (Å²) in [5.74, 6) is 0. The van der Waals surface area contributed by atoms with E-state index < -0.39 is 12.2 Å². The minimum atomic E-state index is -0.610. The summed E-state index contributed by atoms with van der Waals surface area (Å²) in [6, 6.07) is 10.5. The van der Waals surface area contributed by atoms with Gasteiger partial charge in [0.2, 0.25) is 0 Å². The molecule has 0 atom stereocenters. The van der Waals surface area contributed by atoms with Gasteiger partial charge in [-0.2, -0.15) is 10.1 Å². The Balaban J connectivity index is 0.000000203. The lowest BCUT2D eigenvalue weighted by molar-refractivity contribution is 0.168. The van der Waals surface area contributed by atoms with Crippen molar-refractivity contribution in [3.05, 3.63) is 58.0 Å². The second kappa shape index (κ2) is 10.0. The van der Waals surface area contributed by atoms with E-state index in [2.05, 4.69) is 20.1 Å². The van der Waals surface area contributed by atoms with Crippen LogP contribution in [0.2, 0.25) is 0 Å². The van der Waals surface area contributed by atoms with Crippen LogP contribution in [0.3, 0.4) is 0 Å². The van der Waals surface area contributed by atoms with E-state index in [-0.39, 0.29) is 12.2 Å². The summed E-state index contributed by atoms with van der Waals surface area (Å²) in [5.41, 5.74) is 2.66. The normalized spacial score (nSPS) is 12.4. The summed E-state index contributed by atoms with van der Waals surface area (Å²) in [4.78, 5) is 36.6. The molecule has 9 heteroatoms. The molecule has 2 amide bonds. The van der Waals surface area contributed by atoms with Gasteiger partial charge in [-0.3, -0.25) is 10.1 Å². The predicted octanol–water partition coefficient (Wildman–Crippen LogP) is 2.77. The minimum absolute atomic E-state index is 0.119. The van der Waals surface area contributed by atoms with Crippen LogP contribution in [0.15, 0.2) is 46.2 Å². The second-order valence-corrected chi connectivity index (χ2v) is 5.70. The summed E-state index contributed by atoms with van der Waals surface area (Å²) >= 11 is 0. The Bertz CT molecular complexity index is 936. The smallest absolute Gasteiger partial charge is 0.434 e. The number of carbonyl (C=O) groups excluding carboxylic acids is 2. The first-order valence-corrected chi connectivity index (χ1v) is 8.76. The van der Waals surface area contributed by atoms with Crippen LogP contribution in [0.4, 0.5) is 15.3 Å². The van der Waals surface area contributed by atoms with Crippen LogP contribution < -0.4 is 10.9 Å². The Hall–Kier alpha value is -3.49. The van der Waals surface area contributed by atoms with E-state index in [1.54, 1.807) is 6.92 Å². The van der Waals surface area contributed by atoms with Crippen molar-refractivity contribution in [1.29, 1.82) is 0 Å². The molecule has 1 aliphatic rings. The molecule has 0 saturated heterocycles. The average molecular weight is 386 g/mol. The van der Waals surface area contributed by atoms with Crippen LogP contribution in [-0.4, -0.2) is 40.9 Å². The average Bonchev–Trinajstić information content (AvgIpc) is 3.09. The maximum atomic E-state index is 11.2. The Morgan fingerprint density at radius 2 is 2.04 bits per heavy atom. The maximum Gasteiger partial charge on any atom is 0.434 e. The highest BCUT2D eigenvalue weighted by molar-refractivity contribution is 6.08. The molecule has 0 fully saturated rings. The molecule has 2 heterocycles. The van der Waals surface area contributed by atoms with Crippen LogP contribution >= 0.6 is 0 Å². The van der Waals surface area contributed by atoms with E-state index in [0.29, 0.717) is 24.6 Å². The zero-order valence-electron chi connectivity index (χ0n) is 16.0. The third kappa shape index (κ3) is 6.04. The highest BCUT2D eigenvalue weighted by Crippen LogP contribution is 2.09. The lowest BCUT2D eigenvalue weighted by Crippen LogP contribution is -2.23. The minimum Gasteiger partial charge on any atom is -0.450 e. The predicted molar refractivity (Wildman–Crippen MR) is 104 cm³/mol. The number of aryl methyl sites for hydroxylation is 2. The number of aromatic nitrogens is 2. The monoisotopic (exact) mass is 386 g/mol. The Kier molecular flexibility index (Phi) is 7.44. The summed E-state index contributed by atoms with van der Waals surface area (Å²) in [5, 5.41) is 6.67. The summed E-state index contributed by atoms with van der Waals surface area (Å²) in [6.07, 6.45) is -1.02. The second-order valence-electron chi connectivity index (χ2n) is 5.70. The Morgan fingerprint density at radius 1 is 1.25 bits per heavy atom. The van der Waals surface area contributed by atoms with Gasteiger partial charge in [-0.15, -0.1) is 0 Å². The van der Waals surface area contributed by atoms with Crippen molar-refractivity contribution in [3.8, 4) is 0 Å². The van der Waals surface area contributed by atoms with Crippen molar-refractivity contribution in [2.24, 2.45) is 4.99 Å². The fourth-order valence-electron chi connectivity index (χ4n) is 2.27. The molecule has 2 aromatic rings. The van der Waals surface area contributed by atoms with Crippen molar-refractivity contribution in [2.75, 3.05) is 18.5 Å². The highest BCUT2D eigenvalue weighted by atomic mass is 16.6. The SMILES string of the molecule is CCOC(=O)Nc1cccc(C)c1.CCn1nc(C2=NC(=O)OC2)ccc1=O. The van der Waals surface area contributed by atoms with Crippen molar-refractivity contribution in [1.82, 2.24) is 9.78 Å². The summed E-state index contributed by atoms with van der Waals surface area (Å²) in [7, 11) is 0. The van der Waals surface area contributed by atoms with Gasteiger partial charge in [0.05, 0.1) is 6.61 Å². The summed E-state index contributed by atoms with van der Waals surface area (Å²) < 4.78 is 10.7. The van der Waals surface area contributed by atoms with Gasteiger partial charge in [0.25, 0.3) is 5.56 Å². The molecule has 0 aliphatic carbocycles. The van der Waals surface area contributed by atoms with E-state index in [0.717, 1.165) is 11.3 Å². The first-order chi connectivity index (χ1) is 13.4. The van der Waals surface area contributed by atoms with Crippen molar-refractivity contribution in [2.45, 2.75) is 27.3 Å². The van der Waals surface area contributed by atoms with Gasteiger partial charge in [0, 0.05) is 18.3 Å². The molecule has 1 N–H and O–H groups in total. The molecule has 0 bridgehead atoms. The molecule has 0 spiro atoms. The van der Waals surface area contributed by atoms with E-state index in [1.807, 2.05) is 38.1 Å². The number of benzene rings is 1. The number of carbonyl (C=O) groups is 2. The number of cyclic esters (lactones) is 1. The molecular weight excluding hydrogens is 364 g/mol. The Morgan fingerprint density at radius 3 is 2.64 bits per heavy atom. The zero-order chi connectivity index (χ0) is 20.5. The number of rotatable bonds is 4. The largest absolute Gasteiger partial charge is 0.450 e. The number of hydrogen-bond donors (Lipinski definition) is 1. The number of amides is 2. The van der Waals surface area contributed by atoms with Crippen molar-refractivity contribution >= 4 is 23.6 Å². The zero-order valence-corrected chi connectivity index (χ0v) is 16.0. The number of ether oxygens (including phenoxy) is 2. The molecule has 1 aromatic carbocycles. The first kappa shape index (κ1) is 20.8. The van der Waals surface area contributed by atoms with Crippen LogP contribution in [0.1, 0.15) is 25.1 Å². The molecule has 148 valence electrons. The lowest BCUT2D eigenvalue weighted by atomic mass is 10.2. The molecule has 28 heavy (non-hydrogen) atoms. The van der Waals surface area contributed by atoms with Crippen LogP contribution in [0.5, 0.6) is 0 Å². The van der Waals surface area contributed by atoms with Gasteiger partial charge in [-0.1, -0.05) is 12.1 Å². The van der Waals surface area contributed by atoms with Crippen molar-refractivity contribution in [3.63, 3.8) is 0 Å². The molecular formula is C19H22N4O5. The first-order valence-electron chi connectivity index (χ1n) is 8.76. The standard InChI is InChI=1S/C10H13NO2.C9H9N3O3/c1-3-13-10(12)11-9-6-4-5-8(2)7-9;1-2-12-8(13)4-3-6(11-12)7-5-15-9(14)10-7/h4-7H,3H2,1-2H3,(H,11,12);3-4H,2,5H2,1H3. The quantitative estimate of drug-likeness (QED) is 0.865. The number of nitrogens with one attached hydrogen (secondary N) is 1. The Labute approximate surface area is 162 Å². The molecule has 0 radical (unpaired) electrons. The lowest BCUT2D eigenvalue weighted by Gasteiger charge is -2.04. The molecule has 3 rings (SSSR count). The maximum absolute atomic E-state index is 11.2. The van der Waals surface area contributed by atoms with E-state index in [4.69, 9.17) is 4.74 Å². The fraction of sp³-hybridized carbons (Fsp3) is 0.316. The number of nitrogens with zero attached hydrogens (tertiary/aromatic N) is 3. The van der Waals surface area contributed by atoms with Gasteiger partial charge in [-0.25, -0.2) is 14.3 Å². The number of aliphatic imine (C=N–C) groups is 1. The van der Waals surface area contributed by atoms with Gasteiger partial charge < -0.3 is 9.47 Å². The molecule has 1 aliphatic heterocycles. The highest BCUT2D eigenvalue weighted by Gasteiger charge is 2.18. The molecule has 0 saturated carbocycles. The van der Waals surface area contributed by atoms with Gasteiger partial charge in [0.15, 0.2) is 0 Å². The van der Waals surface area contributed by atoms with E-state index in [1.165, 1.54) is 16.8 Å². The van der Waals surface area contributed by atoms with E-state index >= 15 is 0 Å². The molecule has 0 unspecified atom stereocenters. The topological polar surface area (TPSA) is 112 Å². The number of anilines is 1. The molecule has 9 nitrogen and oxygen atoms in total. The van der Waals surface area contributed by atoms with Crippen LogP contribution in [0.25, 0.3) is 0 Å². The van der Waals surface area contributed by atoms with Gasteiger partial charge >= 0.3 is 12.2 Å². The third-order valence-corrected chi connectivity index (χ3v) is 3.56. The van der Waals surface area contributed by atoms with E-state index in [9.17, 15) is 14.4 Å². The van der Waals surface area contributed by atoms with Crippen LogP contribution in [0, 0.1) is 6.92 Å². The van der Waals surface area contributed by atoms with Gasteiger partial charge in [0.1, 0.15) is 18.0 Å².